The van der Waals surface area contributed by atoms with E-state index < -0.39 is 15.0 Å². The average molecular weight is 388 g/mol. The molecule has 24 heavy (non-hydrogen) atoms. The number of carbonyl (C=O) groups is 1. The van der Waals surface area contributed by atoms with Crippen LogP contribution in [0, 0.1) is 0 Å². The maximum atomic E-state index is 12.5. The lowest BCUT2D eigenvalue weighted by molar-refractivity contribution is 0.102. The molecule has 0 spiro atoms. The molecule has 128 valence electrons. The number of methoxy groups -OCH3 is 1. The molecule has 1 N–H and O–H groups in total. The number of nitrogens with one attached hydrogen (secondary N) is 1. The Morgan fingerprint density at radius 3 is 2.54 bits per heavy atom. The monoisotopic (exact) mass is 387 g/mol. The van der Waals surface area contributed by atoms with E-state index >= 15 is 0 Å². The Kier molecular flexibility index (Phi) is 5.74. The molecule has 0 atom stereocenters. The molecule has 0 heterocycles. The van der Waals surface area contributed by atoms with Crippen LogP contribution in [0.25, 0.3) is 0 Å². The Labute approximate surface area is 150 Å². The standard InChI is InChI=1S/C16H15Cl2NO4S/c1-3-11-13(5-4-6-15(11)24(18,21)22)19-16(20)12-9-10(17)7-8-14(12)23-2/h4-9H,3H2,1-2H3,(H,19,20). The van der Waals surface area contributed by atoms with Crippen molar-refractivity contribution in [1.29, 1.82) is 0 Å². The second-order valence-electron chi connectivity index (χ2n) is 4.87. The van der Waals surface area contributed by atoms with Crippen LogP contribution >= 0.6 is 22.3 Å². The van der Waals surface area contributed by atoms with Crippen molar-refractivity contribution < 1.29 is 17.9 Å². The van der Waals surface area contributed by atoms with Crippen molar-refractivity contribution in [2.24, 2.45) is 0 Å². The van der Waals surface area contributed by atoms with Crippen LogP contribution in [0.4, 0.5) is 5.69 Å². The zero-order chi connectivity index (χ0) is 17.9. The van der Waals surface area contributed by atoms with E-state index in [1.807, 2.05) is 0 Å². The topological polar surface area (TPSA) is 72.5 Å². The second-order valence-corrected chi connectivity index (χ2v) is 7.84. The smallest absolute Gasteiger partial charge is 0.261 e. The van der Waals surface area contributed by atoms with E-state index in [9.17, 15) is 13.2 Å². The van der Waals surface area contributed by atoms with E-state index in [-0.39, 0.29) is 10.5 Å². The van der Waals surface area contributed by atoms with Crippen LogP contribution in [0.2, 0.25) is 5.02 Å². The van der Waals surface area contributed by atoms with Gasteiger partial charge in [0.15, 0.2) is 0 Å². The van der Waals surface area contributed by atoms with E-state index in [2.05, 4.69) is 5.32 Å². The number of hydrogen-bond donors (Lipinski definition) is 1. The number of carbonyl (C=O) groups excluding carboxylic acids is 1. The van der Waals surface area contributed by atoms with Gasteiger partial charge in [-0.25, -0.2) is 8.42 Å². The molecule has 0 saturated heterocycles. The van der Waals surface area contributed by atoms with Crippen LogP contribution in [0.5, 0.6) is 5.75 Å². The lowest BCUT2D eigenvalue weighted by atomic mass is 10.1. The molecule has 2 rings (SSSR count). The van der Waals surface area contributed by atoms with Crippen molar-refractivity contribution in [3.8, 4) is 5.75 Å². The quantitative estimate of drug-likeness (QED) is 0.784. The molecule has 2 aromatic carbocycles. The van der Waals surface area contributed by atoms with Crippen LogP contribution in [-0.4, -0.2) is 21.4 Å². The van der Waals surface area contributed by atoms with Gasteiger partial charge in [0.2, 0.25) is 0 Å². The highest BCUT2D eigenvalue weighted by Gasteiger charge is 2.20. The average Bonchev–Trinajstić information content (AvgIpc) is 2.53. The van der Waals surface area contributed by atoms with Gasteiger partial charge in [0, 0.05) is 21.4 Å². The third-order valence-corrected chi connectivity index (χ3v) is 5.05. The maximum Gasteiger partial charge on any atom is 0.261 e. The predicted molar refractivity (Wildman–Crippen MR) is 94.8 cm³/mol. The summed E-state index contributed by atoms with van der Waals surface area (Å²) in [6, 6.07) is 9.19. The van der Waals surface area contributed by atoms with E-state index in [0.717, 1.165) is 0 Å². The predicted octanol–water partition coefficient (Wildman–Crippen LogP) is 4.09. The molecule has 1 amide bonds. The van der Waals surface area contributed by atoms with E-state index in [4.69, 9.17) is 27.0 Å². The first kappa shape index (κ1) is 18.6. The van der Waals surface area contributed by atoms with Gasteiger partial charge in [0.25, 0.3) is 15.0 Å². The van der Waals surface area contributed by atoms with Crippen molar-refractivity contribution in [1.82, 2.24) is 0 Å². The fraction of sp³-hybridized carbons (Fsp3) is 0.188. The highest BCUT2D eigenvalue weighted by Crippen LogP contribution is 2.29. The molecule has 0 bridgehead atoms. The molecule has 0 aliphatic heterocycles. The van der Waals surface area contributed by atoms with Crippen molar-refractivity contribution in [3.63, 3.8) is 0 Å². The summed E-state index contributed by atoms with van der Waals surface area (Å²) in [5, 5.41) is 3.07. The molecule has 0 aliphatic rings. The van der Waals surface area contributed by atoms with Gasteiger partial charge in [0.05, 0.1) is 17.6 Å². The fourth-order valence-corrected chi connectivity index (χ4v) is 3.72. The molecular weight excluding hydrogens is 373 g/mol. The van der Waals surface area contributed by atoms with Crippen LogP contribution < -0.4 is 10.1 Å². The van der Waals surface area contributed by atoms with Gasteiger partial charge in [-0.2, -0.15) is 0 Å². The van der Waals surface area contributed by atoms with Crippen molar-refractivity contribution in [3.05, 3.63) is 52.5 Å². The Hall–Kier alpha value is -1.76. The lowest BCUT2D eigenvalue weighted by Crippen LogP contribution is -2.15. The lowest BCUT2D eigenvalue weighted by Gasteiger charge is -2.14. The minimum Gasteiger partial charge on any atom is -0.496 e. The summed E-state index contributed by atoms with van der Waals surface area (Å²) in [6.07, 6.45) is 0.379. The molecule has 0 unspecified atom stereocenters. The van der Waals surface area contributed by atoms with Crippen LogP contribution in [0.15, 0.2) is 41.3 Å². The number of rotatable bonds is 5. The Morgan fingerprint density at radius 1 is 1.25 bits per heavy atom. The van der Waals surface area contributed by atoms with Crippen LogP contribution in [0.1, 0.15) is 22.8 Å². The van der Waals surface area contributed by atoms with Crippen LogP contribution in [0.3, 0.4) is 0 Å². The Balaban J connectivity index is 2.45. The minimum absolute atomic E-state index is 0.0254. The molecule has 0 saturated carbocycles. The maximum absolute atomic E-state index is 12.5. The molecular formula is C16H15Cl2NO4S. The van der Waals surface area contributed by atoms with Crippen molar-refractivity contribution >= 4 is 42.9 Å². The van der Waals surface area contributed by atoms with Gasteiger partial charge < -0.3 is 10.1 Å². The molecule has 8 heteroatoms. The second kappa shape index (κ2) is 7.42. The summed E-state index contributed by atoms with van der Waals surface area (Å²) < 4.78 is 28.5. The molecule has 5 nitrogen and oxygen atoms in total. The molecule has 0 aromatic heterocycles. The fourth-order valence-electron chi connectivity index (χ4n) is 2.32. The Bertz CT molecular complexity index is 882. The van der Waals surface area contributed by atoms with Crippen molar-refractivity contribution in [2.75, 3.05) is 12.4 Å². The van der Waals surface area contributed by atoms with E-state index in [1.54, 1.807) is 25.1 Å². The van der Waals surface area contributed by atoms with Gasteiger partial charge in [-0.15, -0.1) is 0 Å². The zero-order valence-electron chi connectivity index (χ0n) is 13.0. The number of ether oxygens (including phenoxy) is 1. The first-order chi connectivity index (χ1) is 11.3. The number of hydrogen-bond acceptors (Lipinski definition) is 4. The third-order valence-electron chi connectivity index (χ3n) is 3.40. The minimum atomic E-state index is -3.91. The summed E-state index contributed by atoms with van der Waals surface area (Å²) in [4.78, 5) is 12.5. The van der Waals surface area contributed by atoms with Gasteiger partial charge in [-0.3, -0.25) is 4.79 Å². The summed E-state index contributed by atoms with van der Waals surface area (Å²) in [6.45, 7) is 1.77. The molecule has 2 aromatic rings. The van der Waals surface area contributed by atoms with Gasteiger partial charge in [-0.1, -0.05) is 24.6 Å². The molecule has 0 fully saturated rings. The zero-order valence-corrected chi connectivity index (χ0v) is 15.3. The summed E-state index contributed by atoms with van der Waals surface area (Å²) in [5.74, 6) is -0.107. The van der Waals surface area contributed by atoms with Gasteiger partial charge >= 0.3 is 0 Å². The van der Waals surface area contributed by atoms with Crippen molar-refractivity contribution in [2.45, 2.75) is 18.2 Å². The number of anilines is 1. The molecule has 0 radical (unpaired) electrons. The highest BCUT2D eigenvalue weighted by molar-refractivity contribution is 8.13. The Morgan fingerprint density at radius 2 is 1.96 bits per heavy atom. The van der Waals surface area contributed by atoms with Crippen LogP contribution in [-0.2, 0) is 15.5 Å². The first-order valence-electron chi connectivity index (χ1n) is 6.99. The highest BCUT2D eigenvalue weighted by atomic mass is 35.7. The summed E-state index contributed by atoms with van der Waals surface area (Å²) >= 11 is 5.93. The van der Waals surface area contributed by atoms with E-state index in [0.29, 0.717) is 28.4 Å². The summed E-state index contributed by atoms with van der Waals surface area (Å²) in [7, 11) is 2.99. The number of benzene rings is 2. The normalized spacial score (nSPS) is 11.2. The summed E-state index contributed by atoms with van der Waals surface area (Å²) in [5.41, 5.74) is 1.04. The van der Waals surface area contributed by atoms with E-state index in [1.165, 1.54) is 25.3 Å². The number of amides is 1. The third kappa shape index (κ3) is 4.01. The first-order valence-corrected chi connectivity index (χ1v) is 9.68. The van der Waals surface area contributed by atoms with Gasteiger partial charge in [0.1, 0.15) is 5.75 Å². The SMILES string of the molecule is CCc1c(NC(=O)c2cc(Cl)ccc2OC)cccc1S(=O)(=O)Cl. The largest absolute Gasteiger partial charge is 0.496 e. The molecule has 0 aliphatic carbocycles. The number of halogens is 2. The van der Waals surface area contributed by atoms with Gasteiger partial charge in [-0.05, 0) is 42.3 Å².